The summed E-state index contributed by atoms with van der Waals surface area (Å²) in [5.74, 6) is -0.772. The summed E-state index contributed by atoms with van der Waals surface area (Å²) in [6, 6.07) is 9.09. The van der Waals surface area contributed by atoms with E-state index < -0.39 is 12.0 Å². The lowest BCUT2D eigenvalue weighted by Gasteiger charge is -2.13. The molecule has 1 amide bonds. The molecule has 1 rings (SSSR count). The Kier molecular flexibility index (Phi) is 7.11. The molecule has 1 aromatic carbocycles. The molecule has 0 heterocycles. The largest absolute Gasteiger partial charge is 0.466 e. The number of ether oxygens (including phenoxy) is 2. The molecule has 0 aliphatic heterocycles. The maximum Gasteiger partial charge on any atom is 0.311 e. The van der Waals surface area contributed by atoms with Gasteiger partial charge >= 0.3 is 5.97 Å². The third-order valence-corrected chi connectivity index (χ3v) is 2.64. The molecule has 0 fully saturated rings. The highest BCUT2D eigenvalue weighted by molar-refractivity contribution is 5.98. The summed E-state index contributed by atoms with van der Waals surface area (Å²) in [6.07, 6.45) is -0.706. The maximum absolute atomic E-state index is 12.0. The Morgan fingerprint density at radius 3 is 2.52 bits per heavy atom. The molecule has 0 aromatic heterocycles. The van der Waals surface area contributed by atoms with Crippen molar-refractivity contribution in [2.75, 3.05) is 13.7 Å². The maximum atomic E-state index is 12.0. The van der Waals surface area contributed by atoms with Crippen LogP contribution in [0.25, 0.3) is 0 Å². The first-order valence-electron chi connectivity index (χ1n) is 6.64. The molecule has 6 nitrogen and oxygen atoms in total. The van der Waals surface area contributed by atoms with E-state index in [-0.39, 0.29) is 12.4 Å². The molecule has 0 radical (unpaired) electrons. The molecule has 0 aliphatic carbocycles. The second kappa shape index (κ2) is 8.86. The Balaban J connectivity index is 2.61. The van der Waals surface area contributed by atoms with Gasteiger partial charge in [0.15, 0.2) is 6.10 Å². The van der Waals surface area contributed by atoms with Crippen LogP contribution in [0.1, 0.15) is 31.9 Å². The van der Waals surface area contributed by atoms with E-state index in [9.17, 15) is 9.59 Å². The van der Waals surface area contributed by atoms with E-state index in [1.165, 1.54) is 7.11 Å². The van der Waals surface area contributed by atoms with Gasteiger partial charge in [0.05, 0.1) is 13.0 Å². The van der Waals surface area contributed by atoms with Crippen LogP contribution in [-0.4, -0.2) is 31.3 Å². The van der Waals surface area contributed by atoms with Gasteiger partial charge in [0.25, 0.3) is 5.91 Å². The van der Waals surface area contributed by atoms with Gasteiger partial charge in [-0.25, -0.2) is 5.43 Å². The fraction of sp³-hybridized carbons (Fsp3) is 0.400. The van der Waals surface area contributed by atoms with E-state index in [2.05, 4.69) is 10.5 Å². The third kappa shape index (κ3) is 5.74. The summed E-state index contributed by atoms with van der Waals surface area (Å²) in [5, 5.41) is 3.88. The lowest BCUT2D eigenvalue weighted by atomic mass is 10.1. The summed E-state index contributed by atoms with van der Waals surface area (Å²) in [4.78, 5) is 23.3. The van der Waals surface area contributed by atoms with E-state index in [1.54, 1.807) is 26.0 Å². The van der Waals surface area contributed by atoms with Crippen molar-refractivity contribution in [1.82, 2.24) is 5.43 Å². The number of rotatable bonds is 7. The summed E-state index contributed by atoms with van der Waals surface area (Å²) < 4.78 is 9.98. The van der Waals surface area contributed by atoms with Gasteiger partial charge < -0.3 is 9.47 Å². The first-order valence-corrected chi connectivity index (χ1v) is 6.64. The summed E-state index contributed by atoms with van der Waals surface area (Å²) in [6.45, 7) is 3.69. The van der Waals surface area contributed by atoms with Crippen LogP contribution in [0.4, 0.5) is 0 Å². The van der Waals surface area contributed by atoms with Crippen molar-refractivity contribution in [3.63, 3.8) is 0 Å². The fourth-order valence-electron chi connectivity index (χ4n) is 1.69. The molecule has 0 saturated heterocycles. The van der Waals surface area contributed by atoms with E-state index in [4.69, 9.17) is 9.47 Å². The predicted molar refractivity (Wildman–Crippen MR) is 78.7 cm³/mol. The van der Waals surface area contributed by atoms with E-state index in [1.807, 2.05) is 18.2 Å². The minimum absolute atomic E-state index is 0.0388. The second-order valence-corrected chi connectivity index (χ2v) is 4.33. The Bertz CT molecular complexity index is 500. The number of hydrazone groups is 1. The highest BCUT2D eigenvalue weighted by Crippen LogP contribution is 2.15. The minimum Gasteiger partial charge on any atom is -0.466 e. The number of methoxy groups -OCH3 is 1. The molecule has 1 atom stereocenters. The molecule has 114 valence electrons. The van der Waals surface area contributed by atoms with Gasteiger partial charge in [-0.15, -0.1) is 0 Å². The molecule has 1 aromatic rings. The van der Waals surface area contributed by atoms with Gasteiger partial charge in [0.1, 0.15) is 0 Å². The molecule has 0 aliphatic rings. The monoisotopic (exact) mass is 292 g/mol. The van der Waals surface area contributed by atoms with E-state index in [0.717, 1.165) is 5.56 Å². The number of benzene rings is 1. The van der Waals surface area contributed by atoms with Crippen molar-refractivity contribution in [1.29, 1.82) is 0 Å². The van der Waals surface area contributed by atoms with Gasteiger partial charge in [0, 0.05) is 12.8 Å². The van der Waals surface area contributed by atoms with Gasteiger partial charge in [0.2, 0.25) is 0 Å². The van der Waals surface area contributed by atoms with Crippen molar-refractivity contribution < 1.29 is 19.1 Å². The van der Waals surface area contributed by atoms with Crippen molar-refractivity contribution in [3.8, 4) is 0 Å². The molecule has 1 N–H and O–H groups in total. The number of nitrogens with zero attached hydrogens (tertiary/aromatic N) is 1. The van der Waals surface area contributed by atoms with Crippen LogP contribution in [0, 0.1) is 0 Å². The highest BCUT2D eigenvalue weighted by atomic mass is 16.5. The molecular weight excluding hydrogens is 272 g/mol. The first-order chi connectivity index (χ1) is 10.1. The van der Waals surface area contributed by atoms with Crippen LogP contribution in [-0.2, 0) is 19.1 Å². The smallest absolute Gasteiger partial charge is 0.311 e. The SMILES string of the molecule is CCOC(=O)C/C(C)=N\NC(=O)[C@H](OC)c1ccccc1. The molecule has 6 heteroatoms. The van der Waals surface area contributed by atoms with Crippen LogP contribution in [0.15, 0.2) is 35.4 Å². The number of hydrogen-bond acceptors (Lipinski definition) is 5. The average molecular weight is 292 g/mol. The Hall–Kier alpha value is -2.21. The van der Waals surface area contributed by atoms with Crippen molar-refractivity contribution in [3.05, 3.63) is 35.9 Å². The summed E-state index contributed by atoms with van der Waals surface area (Å²) >= 11 is 0. The second-order valence-electron chi connectivity index (χ2n) is 4.33. The minimum atomic E-state index is -0.745. The molecule has 21 heavy (non-hydrogen) atoms. The van der Waals surface area contributed by atoms with Gasteiger partial charge in [-0.3, -0.25) is 9.59 Å². The van der Waals surface area contributed by atoms with Crippen molar-refractivity contribution in [2.45, 2.75) is 26.4 Å². The quantitative estimate of drug-likeness (QED) is 0.472. The number of carbonyl (C=O) groups is 2. The fourth-order valence-corrected chi connectivity index (χ4v) is 1.69. The average Bonchev–Trinajstić information content (AvgIpc) is 2.47. The highest BCUT2D eigenvalue weighted by Gasteiger charge is 2.19. The topological polar surface area (TPSA) is 77.0 Å². The molecular formula is C15H20N2O4. The zero-order valence-electron chi connectivity index (χ0n) is 12.5. The Morgan fingerprint density at radius 2 is 1.95 bits per heavy atom. The van der Waals surface area contributed by atoms with Crippen molar-refractivity contribution >= 4 is 17.6 Å². The van der Waals surface area contributed by atoms with Gasteiger partial charge in [-0.2, -0.15) is 5.10 Å². The normalized spacial score (nSPS) is 12.6. The van der Waals surface area contributed by atoms with Gasteiger partial charge in [-0.05, 0) is 19.4 Å². The number of esters is 1. The predicted octanol–water partition coefficient (Wildman–Crippen LogP) is 1.82. The Morgan fingerprint density at radius 1 is 1.29 bits per heavy atom. The summed E-state index contributed by atoms with van der Waals surface area (Å²) in [7, 11) is 1.45. The number of nitrogens with one attached hydrogen (secondary N) is 1. The number of amides is 1. The Labute approximate surface area is 124 Å². The van der Waals surface area contributed by atoms with E-state index in [0.29, 0.717) is 12.3 Å². The summed E-state index contributed by atoms with van der Waals surface area (Å²) in [5.41, 5.74) is 3.59. The van der Waals surface area contributed by atoms with Crippen LogP contribution in [0.3, 0.4) is 0 Å². The molecule has 0 unspecified atom stereocenters. The zero-order chi connectivity index (χ0) is 15.7. The number of hydrogen-bond donors (Lipinski definition) is 1. The van der Waals surface area contributed by atoms with Gasteiger partial charge in [-0.1, -0.05) is 30.3 Å². The van der Waals surface area contributed by atoms with E-state index >= 15 is 0 Å². The standard InChI is InChI=1S/C15H20N2O4/c1-4-21-13(18)10-11(2)16-17-15(19)14(20-3)12-8-6-5-7-9-12/h5-9,14H,4,10H2,1-3H3,(H,17,19)/b16-11-/t14-/m1/s1. The lowest BCUT2D eigenvalue weighted by Crippen LogP contribution is -2.27. The van der Waals surface area contributed by atoms with Crippen molar-refractivity contribution in [2.24, 2.45) is 5.10 Å². The van der Waals surface area contributed by atoms with Crippen LogP contribution in [0.5, 0.6) is 0 Å². The third-order valence-electron chi connectivity index (χ3n) is 2.64. The molecule has 0 spiro atoms. The first kappa shape index (κ1) is 16.8. The van der Waals surface area contributed by atoms with Crippen LogP contribution < -0.4 is 5.43 Å². The number of carbonyl (C=O) groups excluding carboxylic acids is 2. The molecule has 0 saturated carbocycles. The van der Waals surface area contributed by atoms with Crippen LogP contribution in [0.2, 0.25) is 0 Å². The molecule has 0 bridgehead atoms. The zero-order valence-corrected chi connectivity index (χ0v) is 12.5. The van der Waals surface area contributed by atoms with Crippen LogP contribution >= 0.6 is 0 Å². The lowest BCUT2D eigenvalue weighted by molar-refractivity contribution is -0.141.